The van der Waals surface area contributed by atoms with Gasteiger partial charge in [-0.15, -0.1) is 12.4 Å². The van der Waals surface area contributed by atoms with Gasteiger partial charge in [0.05, 0.1) is 6.20 Å². The van der Waals surface area contributed by atoms with Crippen molar-refractivity contribution in [2.75, 3.05) is 38.1 Å². The minimum Gasteiger partial charge on any atom is -0.511 e. The van der Waals surface area contributed by atoms with Crippen LogP contribution < -0.4 is 9.55 Å². The predicted molar refractivity (Wildman–Crippen MR) is 72.0 cm³/mol. The Bertz CT molecular complexity index is 358. The molecule has 1 aliphatic rings. The second kappa shape index (κ2) is 6.79. The van der Waals surface area contributed by atoms with Gasteiger partial charge in [-0.05, 0) is 19.2 Å². The minimum absolute atomic E-state index is 0. The topological polar surface area (TPSA) is 69.1 Å². The maximum atomic E-state index is 8.64. The Kier molecular flexibility index (Phi) is 5.68. The molecule has 0 radical (unpaired) electrons. The third-order valence-corrected chi connectivity index (χ3v) is 2.79. The molecule has 0 bridgehead atoms. The van der Waals surface area contributed by atoms with Gasteiger partial charge in [-0.2, -0.15) is 0 Å². The number of halogens is 1. The first-order valence-electron chi connectivity index (χ1n) is 5.57. The van der Waals surface area contributed by atoms with Crippen LogP contribution in [-0.4, -0.2) is 60.5 Å². The molecule has 0 unspecified atom stereocenters. The van der Waals surface area contributed by atoms with Gasteiger partial charge in [0.15, 0.2) is 0 Å². The molecule has 1 aromatic rings. The molecule has 1 saturated heterocycles. The van der Waals surface area contributed by atoms with Gasteiger partial charge in [-0.1, -0.05) is 0 Å². The fourth-order valence-electron chi connectivity index (χ4n) is 1.79. The van der Waals surface area contributed by atoms with Gasteiger partial charge < -0.3 is 24.5 Å². The van der Waals surface area contributed by atoms with Crippen molar-refractivity contribution in [1.82, 2.24) is 9.88 Å². The maximum Gasteiger partial charge on any atom is 0.707 e. The average molecular weight is 274 g/mol. The molecule has 0 saturated carbocycles. The van der Waals surface area contributed by atoms with E-state index in [4.69, 9.17) is 14.7 Å². The summed E-state index contributed by atoms with van der Waals surface area (Å²) in [6, 6.07) is 3.50. The van der Waals surface area contributed by atoms with E-state index in [2.05, 4.69) is 21.8 Å². The lowest BCUT2D eigenvalue weighted by atomic mass is 10.2. The van der Waals surface area contributed by atoms with E-state index < -0.39 is 7.32 Å². The Balaban J connectivity index is 0.00000162. The summed E-state index contributed by atoms with van der Waals surface area (Å²) < 4.78 is 4.70. The lowest BCUT2D eigenvalue weighted by molar-refractivity contribution is 0.287. The van der Waals surface area contributed by atoms with E-state index in [9.17, 15) is 0 Å². The van der Waals surface area contributed by atoms with E-state index in [-0.39, 0.29) is 12.4 Å². The number of hydrogen-bond donors (Lipinski definition) is 2. The summed E-state index contributed by atoms with van der Waals surface area (Å²) in [5.41, 5.74) is 0. The van der Waals surface area contributed by atoms with Crippen LogP contribution in [0.4, 0.5) is 5.82 Å². The van der Waals surface area contributed by atoms with Crippen molar-refractivity contribution >= 4 is 25.5 Å². The first-order valence-corrected chi connectivity index (χ1v) is 5.57. The Morgan fingerprint density at radius 2 is 1.89 bits per heavy atom. The van der Waals surface area contributed by atoms with Gasteiger partial charge >= 0.3 is 7.32 Å². The molecule has 100 valence electrons. The highest BCUT2D eigenvalue weighted by Crippen LogP contribution is 2.17. The largest absolute Gasteiger partial charge is 0.707 e. The van der Waals surface area contributed by atoms with Crippen LogP contribution in [0.5, 0.6) is 5.75 Å². The Morgan fingerprint density at radius 3 is 2.39 bits per heavy atom. The molecule has 1 aromatic heterocycles. The van der Waals surface area contributed by atoms with Crippen LogP contribution in [0.3, 0.4) is 0 Å². The van der Waals surface area contributed by atoms with Crippen LogP contribution >= 0.6 is 12.4 Å². The lowest BCUT2D eigenvalue weighted by Crippen LogP contribution is -2.44. The summed E-state index contributed by atoms with van der Waals surface area (Å²) in [6.45, 7) is 3.95. The van der Waals surface area contributed by atoms with E-state index in [1.165, 1.54) is 6.20 Å². The molecule has 0 amide bonds. The van der Waals surface area contributed by atoms with Crippen LogP contribution in [0, 0.1) is 0 Å². The molecule has 6 nitrogen and oxygen atoms in total. The zero-order valence-electron chi connectivity index (χ0n) is 10.2. The first kappa shape index (κ1) is 15.0. The van der Waals surface area contributed by atoms with Crippen molar-refractivity contribution in [3.8, 4) is 5.75 Å². The second-order valence-electron chi connectivity index (χ2n) is 4.09. The zero-order valence-corrected chi connectivity index (χ0v) is 11.0. The fraction of sp³-hybridized carbons (Fsp3) is 0.500. The molecular weight excluding hydrogens is 256 g/mol. The number of rotatable bonds is 3. The van der Waals surface area contributed by atoms with E-state index in [1.54, 1.807) is 6.07 Å². The van der Waals surface area contributed by atoms with Crippen molar-refractivity contribution in [2.45, 2.75) is 0 Å². The minimum atomic E-state index is -1.80. The van der Waals surface area contributed by atoms with Crippen LogP contribution in [0.1, 0.15) is 0 Å². The number of anilines is 1. The Morgan fingerprint density at radius 1 is 1.22 bits per heavy atom. The SMILES string of the molecule is CN1CCN(c2ccc(OB(O)O)cn2)CC1.Cl. The number of nitrogens with zero attached hydrogens (tertiary/aromatic N) is 3. The molecule has 1 aliphatic heterocycles. The van der Waals surface area contributed by atoms with E-state index in [0.717, 1.165) is 32.0 Å². The van der Waals surface area contributed by atoms with Crippen molar-refractivity contribution in [1.29, 1.82) is 0 Å². The number of piperazine rings is 1. The van der Waals surface area contributed by atoms with E-state index >= 15 is 0 Å². The quantitative estimate of drug-likeness (QED) is 0.731. The highest BCUT2D eigenvalue weighted by atomic mass is 35.5. The summed E-state index contributed by atoms with van der Waals surface area (Å²) in [4.78, 5) is 8.71. The van der Waals surface area contributed by atoms with Crippen molar-refractivity contribution in [3.63, 3.8) is 0 Å². The number of pyridine rings is 1. The highest BCUT2D eigenvalue weighted by molar-refractivity contribution is 6.33. The molecular formula is C10H17BClN3O3. The molecule has 0 atom stereocenters. The van der Waals surface area contributed by atoms with Crippen molar-refractivity contribution in [3.05, 3.63) is 18.3 Å². The summed E-state index contributed by atoms with van der Waals surface area (Å²) in [5, 5.41) is 17.3. The van der Waals surface area contributed by atoms with Gasteiger partial charge in [-0.3, -0.25) is 0 Å². The number of likely N-dealkylation sites (N-methyl/N-ethyl adjacent to an activating group) is 1. The van der Waals surface area contributed by atoms with Crippen LogP contribution in [0.15, 0.2) is 18.3 Å². The molecule has 0 spiro atoms. The predicted octanol–water partition coefficient (Wildman–Crippen LogP) is -0.397. The highest BCUT2D eigenvalue weighted by Gasteiger charge is 2.16. The Hall–Kier alpha value is -1.02. The summed E-state index contributed by atoms with van der Waals surface area (Å²) in [5.74, 6) is 1.23. The smallest absolute Gasteiger partial charge is 0.511 e. The summed E-state index contributed by atoms with van der Waals surface area (Å²) in [6.07, 6.45) is 1.49. The standard InChI is InChI=1S/C10H16BN3O3.ClH/c1-13-4-6-14(7-5-13)10-3-2-9(8-12-10)17-11(15)16;/h2-3,8,15-16H,4-7H2,1H3;1H. The number of hydrogen-bond acceptors (Lipinski definition) is 6. The molecule has 2 rings (SSSR count). The lowest BCUT2D eigenvalue weighted by Gasteiger charge is -2.33. The fourth-order valence-corrected chi connectivity index (χ4v) is 1.79. The molecule has 2 heterocycles. The number of aromatic nitrogens is 1. The summed E-state index contributed by atoms with van der Waals surface area (Å²) in [7, 11) is 0.302. The van der Waals surface area contributed by atoms with E-state index in [0.29, 0.717) is 5.75 Å². The van der Waals surface area contributed by atoms with Crippen LogP contribution in [0.25, 0.3) is 0 Å². The molecule has 2 N–H and O–H groups in total. The second-order valence-corrected chi connectivity index (χ2v) is 4.09. The van der Waals surface area contributed by atoms with Gasteiger partial charge in [0.1, 0.15) is 11.6 Å². The normalized spacial score (nSPS) is 16.1. The van der Waals surface area contributed by atoms with Gasteiger partial charge in [0.25, 0.3) is 0 Å². The molecule has 8 heteroatoms. The van der Waals surface area contributed by atoms with Gasteiger partial charge in [-0.25, -0.2) is 4.98 Å². The van der Waals surface area contributed by atoms with Gasteiger partial charge in [0.2, 0.25) is 0 Å². The Labute approximate surface area is 113 Å². The monoisotopic (exact) mass is 273 g/mol. The molecule has 0 aliphatic carbocycles. The third kappa shape index (κ3) is 4.02. The molecule has 1 fully saturated rings. The van der Waals surface area contributed by atoms with E-state index in [1.807, 2.05) is 6.07 Å². The zero-order chi connectivity index (χ0) is 12.3. The van der Waals surface area contributed by atoms with Crippen molar-refractivity contribution in [2.24, 2.45) is 0 Å². The first-order chi connectivity index (χ1) is 8.15. The maximum absolute atomic E-state index is 8.64. The summed E-state index contributed by atoms with van der Waals surface area (Å²) >= 11 is 0. The average Bonchev–Trinajstić information content (AvgIpc) is 2.30. The molecule has 0 aromatic carbocycles. The van der Waals surface area contributed by atoms with Crippen LogP contribution in [-0.2, 0) is 0 Å². The van der Waals surface area contributed by atoms with Crippen molar-refractivity contribution < 1.29 is 14.7 Å². The molecule has 18 heavy (non-hydrogen) atoms. The van der Waals surface area contributed by atoms with Crippen LogP contribution in [0.2, 0.25) is 0 Å². The third-order valence-electron chi connectivity index (χ3n) is 2.79. The van der Waals surface area contributed by atoms with Gasteiger partial charge in [0, 0.05) is 26.2 Å².